The number of hydrogen-bond donors (Lipinski definition) is 2. The van der Waals surface area contributed by atoms with E-state index in [1.54, 1.807) is 0 Å². The van der Waals surface area contributed by atoms with Gasteiger partial charge < -0.3 is 20.6 Å². The topological polar surface area (TPSA) is 82.7 Å². The molecule has 0 aliphatic rings. The Bertz CT molecular complexity index is 406. The van der Waals surface area contributed by atoms with Gasteiger partial charge in [0.05, 0.1) is 11.3 Å². The van der Waals surface area contributed by atoms with Gasteiger partial charge in [0.15, 0.2) is 5.82 Å². The number of carbonyl (C=O) groups is 1. The number of rotatable bonds is 5. The predicted octanol–water partition coefficient (Wildman–Crippen LogP) is 0.360. The second kappa shape index (κ2) is 5.49. The molecule has 0 aliphatic heterocycles. The maximum Gasteiger partial charge on any atom is 0.337 e. The van der Waals surface area contributed by atoms with Gasteiger partial charge in [-0.15, -0.1) is 0 Å². The molecule has 1 aromatic rings. The highest BCUT2D eigenvalue weighted by molar-refractivity contribution is 5.96. The van der Waals surface area contributed by atoms with E-state index in [1.807, 2.05) is 30.9 Å². The fourth-order valence-corrected chi connectivity index (χ4v) is 1.41. The van der Waals surface area contributed by atoms with Crippen LogP contribution in [0.3, 0.4) is 0 Å². The number of likely N-dealkylation sites (N-methyl/N-ethyl adjacent to an activating group) is 2. The molecule has 0 saturated carbocycles. The number of aromatic carboxylic acids is 1. The maximum absolute atomic E-state index is 10.9. The predicted molar refractivity (Wildman–Crippen MR) is 67.4 cm³/mol. The third-order valence-electron chi connectivity index (χ3n) is 2.44. The van der Waals surface area contributed by atoms with E-state index >= 15 is 0 Å². The van der Waals surface area contributed by atoms with Crippen molar-refractivity contribution in [3.63, 3.8) is 0 Å². The van der Waals surface area contributed by atoms with Crippen LogP contribution in [-0.4, -0.2) is 55.2 Å². The lowest BCUT2D eigenvalue weighted by molar-refractivity contribution is 0.0698. The van der Waals surface area contributed by atoms with Gasteiger partial charge in [0.1, 0.15) is 0 Å². The van der Waals surface area contributed by atoms with Crippen molar-refractivity contribution in [1.82, 2.24) is 9.88 Å². The molecule has 0 saturated heterocycles. The summed E-state index contributed by atoms with van der Waals surface area (Å²) in [5, 5.41) is 8.96. The zero-order valence-electron chi connectivity index (χ0n) is 10.3. The van der Waals surface area contributed by atoms with Crippen LogP contribution in [0, 0.1) is 0 Å². The van der Waals surface area contributed by atoms with Gasteiger partial charge in [-0.2, -0.15) is 0 Å². The highest BCUT2D eigenvalue weighted by Crippen LogP contribution is 2.22. The van der Waals surface area contributed by atoms with Crippen LogP contribution in [0.25, 0.3) is 0 Å². The molecule has 1 aromatic heterocycles. The van der Waals surface area contributed by atoms with E-state index in [0.717, 1.165) is 13.1 Å². The number of pyridine rings is 1. The van der Waals surface area contributed by atoms with Crippen LogP contribution in [0.4, 0.5) is 11.5 Å². The number of nitrogens with zero attached hydrogens (tertiary/aromatic N) is 3. The average Bonchev–Trinajstić information content (AvgIpc) is 2.25. The van der Waals surface area contributed by atoms with Crippen LogP contribution in [0.2, 0.25) is 0 Å². The Labute approximate surface area is 101 Å². The normalized spacial score (nSPS) is 10.6. The minimum absolute atomic E-state index is 0.0895. The molecule has 0 aromatic carbocycles. The number of nitrogens with two attached hydrogens (primary N) is 1. The first-order chi connectivity index (χ1) is 7.93. The molecule has 6 heteroatoms. The summed E-state index contributed by atoms with van der Waals surface area (Å²) in [6.45, 7) is 1.57. The Morgan fingerprint density at radius 3 is 2.59 bits per heavy atom. The first-order valence-corrected chi connectivity index (χ1v) is 5.27. The van der Waals surface area contributed by atoms with Crippen molar-refractivity contribution in [3.05, 3.63) is 17.8 Å². The lowest BCUT2D eigenvalue weighted by atomic mass is 10.2. The molecule has 0 aliphatic carbocycles. The molecule has 94 valence electrons. The molecule has 1 rings (SSSR count). The monoisotopic (exact) mass is 238 g/mol. The van der Waals surface area contributed by atoms with E-state index in [4.69, 9.17) is 10.8 Å². The largest absolute Gasteiger partial charge is 0.478 e. The molecule has 0 fully saturated rings. The zero-order chi connectivity index (χ0) is 13.0. The Balaban J connectivity index is 2.90. The number of aromatic nitrogens is 1. The van der Waals surface area contributed by atoms with E-state index in [1.165, 1.54) is 12.3 Å². The summed E-state index contributed by atoms with van der Waals surface area (Å²) in [5.74, 6) is -0.529. The quantitative estimate of drug-likeness (QED) is 0.770. The number of carboxylic acid groups (broad SMARTS) is 1. The fraction of sp³-hybridized carbons (Fsp3) is 0.455. The number of hydrogen-bond acceptors (Lipinski definition) is 5. The van der Waals surface area contributed by atoms with Crippen LogP contribution in [0.5, 0.6) is 0 Å². The Morgan fingerprint density at radius 2 is 2.06 bits per heavy atom. The third kappa shape index (κ3) is 3.32. The molecular weight excluding hydrogens is 220 g/mol. The van der Waals surface area contributed by atoms with Crippen molar-refractivity contribution in [2.75, 3.05) is 44.9 Å². The fourth-order valence-electron chi connectivity index (χ4n) is 1.41. The number of nitrogen functional groups attached to an aromatic ring is 1. The van der Waals surface area contributed by atoms with Crippen molar-refractivity contribution in [2.24, 2.45) is 0 Å². The first kappa shape index (κ1) is 13.2. The Morgan fingerprint density at radius 1 is 1.41 bits per heavy atom. The second-order valence-corrected chi connectivity index (χ2v) is 4.13. The lowest BCUT2D eigenvalue weighted by Crippen LogP contribution is -2.29. The van der Waals surface area contributed by atoms with Crippen LogP contribution in [-0.2, 0) is 0 Å². The summed E-state index contributed by atoms with van der Waals surface area (Å²) in [7, 11) is 5.78. The highest BCUT2D eigenvalue weighted by Gasteiger charge is 2.14. The van der Waals surface area contributed by atoms with E-state index in [9.17, 15) is 4.79 Å². The van der Waals surface area contributed by atoms with Crippen LogP contribution in [0.15, 0.2) is 12.3 Å². The number of anilines is 2. The summed E-state index contributed by atoms with van der Waals surface area (Å²) in [5.41, 5.74) is 6.09. The van der Waals surface area contributed by atoms with E-state index in [-0.39, 0.29) is 11.3 Å². The lowest BCUT2D eigenvalue weighted by Gasteiger charge is -2.22. The van der Waals surface area contributed by atoms with Gasteiger partial charge in [-0.25, -0.2) is 9.78 Å². The molecule has 6 nitrogen and oxygen atoms in total. The first-order valence-electron chi connectivity index (χ1n) is 5.27. The molecule has 3 N–H and O–H groups in total. The average molecular weight is 238 g/mol. The Hall–Kier alpha value is -1.82. The van der Waals surface area contributed by atoms with Gasteiger partial charge in [-0.3, -0.25) is 0 Å². The third-order valence-corrected chi connectivity index (χ3v) is 2.44. The van der Waals surface area contributed by atoms with Crippen LogP contribution < -0.4 is 10.6 Å². The van der Waals surface area contributed by atoms with E-state index < -0.39 is 5.97 Å². The van der Waals surface area contributed by atoms with Gasteiger partial charge in [-0.1, -0.05) is 0 Å². The minimum Gasteiger partial charge on any atom is -0.478 e. The molecule has 0 radical (unpaired) electrons. The smallest absolute Gasteiger partial charge is 0.337 e. The molecule has 0 amide bonds. The molecule has 0 spiro atoms. The molecule has 0 bridgehead atoms. The van der Waals surface area contributed by atoms with Gasteiger partial charge in [0.25, 0.3) is 0 Å². The van der Waals surface area contributed by atoms with Gasteiger partial charge in [0.2, 0.25) is 0 Å². The van der Waals surface area contributed by atoms with Gasteiger partial charge in [-0.05, 0) is 20.2 Å². The van der Waals surface area contributed by atoms with Crippen molar-refractivity contribution in [1.29, 1.82) is 0 Å². The maximum atomic E-state index is 10.9. The van der Waals surface area contributed by atoms with Crippen molar-refractivity contribution in [3.8, 4) is 0 Å². The summed E-state index contributed by atoms with van der Waals surface area (Å²) in [4.78, 5) is 18.9. The summed E-state index contributed by atoms with van der Waals surface area (Å²) < 4.78 is 0. The molecular formula is C11H18N4O2. The van der Waals surface area contributed by atoms with Gasteiger partial charge >= 0.3 is 5.97 Å². The minimum atomic E-state index is -1.04. The summed E-state index contributed by atoms with van der Waals surface area (Å²) in [6, 6.07) is 1.40. The van der Waals surface area contributed by atoms with E-state index in [2.05, 4.69) is 4.98 Å². The number of carboxylic acids is 1. The highest BCUT2D eigenvalue weighted by atomic mass is 16.4. The van der Waals surface area contributed by atoms with Crippen molar-refractivity contribution >= 4 is 17.5 Å². The molecule has 17 heavy (non-hydrogen) atoms. The SMILES string of the molecule is CN(C)CCN(C)c1nccc(C(=O)O)c1N. The molecule has 0 atom stereocenters. The molecule has 1 heterocycles. The molecule has 0 unspecified atom stereocenters. The Kier molecular flexibility index (Phi) is 4.28. The second-order valence-electron chi connectivity index (χ2n) is 4.13. The van der Waals surface area contributed by atoms with Crippen molar-refractivity contribution < 1.29 is 9.90 Å². The van der Waals surface area contributed by atoms with Crippen molar-refractivity contribution in [2.45, 2.75) is 0 Å². The standard InChI is InChI=1S/C11H18N4O2/c1-14(2)6-7-15(3)10-9(12)8(11(16)17)4-5-13-10/h4-5H,6-7,12H2,1-3H3,(H,16,17). The zero-order valence-corrected chi connectivity index (χ0v) is 10.3. The van der Waals surface area contributed by atoms with Crippen LogP contribution >= 0.6 is 0 Å². The summed E-state index contributed by atoms with van der Waals surface area (Å²) >= 11 is 0. The van der Waals surface area contributed by atoms with Gasteiger partial charge in [0, 0.05) is 26.3 Å². The van der Waals surface area contributed by atoms with Crippen LogP contribution in [0.1, 0.15) is 10.4 Å². The summed E-state index contributed by atoms with van der Waals surface area (Å²) in [6.07, 6.45) is 1.46. The van der Waals surface area contributed by atoms with E-state index in [0.29, 0.717) is 5.82 Å².